The number of carbonyl (C=O) groups is 1. The van der Waals surface area contributed by atoms with E-state index in [1.165, 1.54) is 11.3 Å². The second-order valence-corrected chi connectivity index (χ2v) is 5.74. The van der Waals surface area contributed by atoms with Crippen molar-refractivity contribution in [1.82, 2.24) is 4.98 Å². The zero-order chi connectivity index (χ0) is 14.5. The molecule has 1 heterocycles. The van der Waals surface area contributed by atoms with Crippen LogP contribution >= 0.6 is 23.7 Å². The third kappa shape index (κ3) is 5.82. The lowest BCUT2D eigenvalue weighted by Crippen LogP contribution is -2.27. The lowest BCUT2D eigenvalue weighted by molar-refractivity contribution is -0.117. The van der Waals surface area contributed by atoms with E-state index in [0.29, 0.717) is 5.13 Å². The molecule has 120 valence electrons. The minimum atomic E-state index is -2.51. The van der Waals surface area contributed by atoms with Crippen LogP contribution in [0.25, 0.3) is 0 Å². The van der Waals surface area contributed by atoms with Crippen molar-refractivity contribution in [2.45, 2.75) is 38.2 Å². The molecule has 0 bridgehead atoms. The topological polar surface area (TPSA) is 77.2 Å². The Hall–Kier alpha value is -0.830. The second kappa shape index (κ2) is 8.57. The summed E-state index contributed by atoms with van der Waals surface area (Å²) < 4.78 is 28.3. The Morgan fingerprint density at radius 2 is 2.33 bits per heavy atom. The minimum Gasteiger partial charge on any atom is -0.375 e. The number of aryl methyl sites for hydroxylation is 1. The van der Waals surface area contributed by atoms with Crippen LogP contribution in [0.4, 0.5) is 13.9 Å². The van der Waals surface area contributed by atoms with Crippen molar-refractivity contribution in [2.24, 2.45) is 5.73 Å². The van der Waals surface area contributed by atoms with Crippen LogP contribution in [0.3, 0.4) is 0 Å². The van der Waals surface area contributed by atoms with Crippen molar-refractivity contribution in [3.8, 4) is 0 Å². The first-order valence-corrected chi connectivity index (χ1v) is 7.26. The number of carbonyl (C=O) groups excluding carboxylic acids is 1. The number of halogens is 3. The molecule has 21 heavy (non-hydrogen) atoms. The van der Waals surface area contributed by atoms with Gasteiger partial charge in [0.05, 0.1) is 18.7 Å². The summed E-state index contributed by atoms with van der Waals surface area (Å²) in [5.41, 5.74) is 6.88. The van der Waals surface area contributed by atoms with Gasteiger partial charge >= 0.3 is 0 Å². The third-order valence-corrected chi connectivity index (χ3v) is 3.98. The standard InChI is InChI=1S/C12H17F2N3O2S.ClH/c13-10(14)6-19-4-3-11(18)17-12-16-8-2-1-7(15)5-9(8)20-12;/h7,10H,1-6,15H2,(H,16,17,18);1H/t7-;/m0./s1. The smallest absolute Gasteiger partial charge is 0.261 e. The van der Waals surface area contributed by atoms with Gasteiger partial charge in [0.1, 0.15) is 6.61 Å². The molecule has 1 aromatic rings. The van der Waals surface area contributed by atoms with E-state index in [1.807, 2.05) is 0 Å². The normalized spacial score (nSPS) is 17.2. The van der Waals surface area contributed by atoms with Gasteiger partial charge in [-0.2, -0.15) is 0 Å². The third-order valence-electron chi connectivity index (χ3n) is 2.94. The Balaban J connectivity index is 0.00000220. The van der Waals surface area contributed by atoms with Crippen LogP contribution in [0, 0.1) is 0 Å². The summed E-state index contributed by atoms with van der Waals surface area (Å²) in [6.07, 6.45) is 0.0657. The zero-order valence-corrected chi connectivity index (χ0v) is 12.9. The van der Waals surface area contributed by atoms with Crippen molar-refractivity contribution in [3.63, 3.8) is 0 Å². The van der Waals surface area contributed by atoms with Crippen LogP contribution in [0.2, 0.25) is 0 Å². The van der Waals surface area contributed by atoms with Gasteiger partial charge in [0.15, 0.2) is 5.13 Å². The molecular formula is C12H18ClF2N3O2S. The van der Waals surface area contributed by atoms with Crippen molar-refractivity contribution in [3.05, 3.63) is 10.6 Å². The first-order valence-electron chi connectivity index (χ1n) is 6.44. The molecule has 1 atom stereocenters. The van der Waals surface area contributed by atoms with Gasteiger partial charge in [0.2, 0.25) is 5.91 Å². The Morgan fingerprint density at radius 1 is 1.57 bits per heavy atom. The molecular weight excluding hydrogens is 324 g/mol. The molecule has 0 aromatic carbocycles. The maximum Gasteiger partial charge on any atom is 0.261 e. The fourth-order valence-corrected chi connectivity index (χ4v) is 3.09. The number of ether oxygens (including phenoxy) is 1. The molecule has 9 heteroatoms. The highest BCUT2D eigenvalue weighted by molar-refractivity contribution is 7.15. The Kier molecular flexibility index (Phi) is 7.44. The maximum absolute atomic E-state index is 11.8. The maximum atomic E-state index is 11.8. The van der Waals surface area contributed by atoms with E-state index < -0.39 is 13.0 Å². The molecule has 5 nitrogen and oxygen atoms in total. The monoisotopic (exact) mass is 341 g/mol. The highest BCUT2D eigenvalue weighted by Gasteiger charge is 2.20. The van der Waals surface area contributed by atoms with Crippen molar-refractivity contribution >= 4 is 34.8 Å². The summed E-state index contributed by atoms with van der Waals surface area (Å²) in [5.74, 6) is -0.283. The van der Waals surface area contributed by atoms with E-state index in [1.54, 1.807) is 0 Å². The molecule has 0 spiro atoms. The van der Waals surface area contributed by atoms with Crippen molar-refractivity contribution < 1.29 is 18.3 Å². The molecule has 3 N–H and O–H groups in total. The van der Waals surface area contributed by atoms with Gasteiger partial charge in [0, 0.05) is 10.9 Å². The SMILES string of the molecule is Cl.N[C@H]1CCc2nc(NC(=O)CCOCC(F)F)sc2C1. The molecule has 1 aliphatic rings. The van der Waals surface area contributed by atoms with Crippen molar-refractivity contribution in [1.29, 1.82) is 0 Å². The largest absolute Gasteiger partial charge is 0.375 e. The summed E-state index contributed by atoms with van der Waals surface area (Å²) in [6, 6.07) is 0.161. The average molecular weight is 342 g/mol. The number of nitrogens with two attached hydrogens (primary N) is 1. The molecule has 0 aliphatic heterocycles. The van der Waals surface area contributed by atoms with Gasteiger partial charge in [-0.05, 0) is 19.3 Å². The van der Waals surface area contributed by atoms with E-state index in [-0.39, 0.29) is 37.4 Å². The summed E-state index contributed by atoms with van der Waals surface area (Å²) in [4.78, 5) is 17.1. The molecule has 1 aliphatic carbocycles. The number of alkyl halides is 2. The minimum absolute atomic E-state index is 0. The Labute approximate surface area is 131 Å². The van der Waals surface area contributed by atoms with Crippen LogP contribution in [0.1, 0.15) is 23.4 Å². The number of rotatable bonds is 6. The van der Waals surface area contributed by atoms with Gasteiger partial charge in [-0.25, -0.2) is 13.8 Å². The molecule has 2 rings (SSSR count). The van der Waals surface area contributed by atoms with Crippen LogP contribution in [0.15, 0.2) is 0 Å². The number of nitrogens with zero attached hydrogens (tertiary/aromatic N) is 1. The number of thiazole rings is 1. The van der Waals surface area contributed by atoms with E-state index in [0.717, 1.165) is 29.8 Å². The first-order chi connectivity index (χ1) is 9.54. The second-order valence-electron chi connectivity index (χ2n) is 4.66. The van der Waals surface area contributed by atoms with Crippen LogP contribution in [-0.2, 0) is 22.4 Å². The van der Waals surface area contributed by atoms with Crippen LogP contribution in [-0.4, -0.2) is 36.6 Å². The fraction of sp³-hybridized carbons (Fsp3) is 0.667. The predicted molar refractivity (Wildman–Crippen MR) is 79.4 cm³/mol. The lowest BCUT2D eigenvalue weighted by Gasteiger charge is -2.15. The molecule has 1 aromatic heterocycles. The number of hydrogen-bond acceptors (Lipinski definition) is 5. The number of hydrogen-bond donors (Lipinski definition) is 2. The molecule has 0 saturated heterocycles. The van der Waals surface area contributed by atoms with Gasteiger partial charge in [-0.3, -0.25) is 4.79 Å². The molecule has 1 amide bonds. The summed E-state index contributed by atoms with van der Waals surface area (Å²) in [6.45, 7) is -0.664. The number of aromatic nitrogens is 1. The molecule has 0 saturated carbocycles. The highest BCUT2D eigenvalue weighted by atomic mass is 35.5. The van der Waals surface area contributed by atoms with Gasteiger partial charge in [0.25, 0.3) is 6.43 Å². The average Bonchev–Trinajstić information content (AvgIpc) is 2.75. The van der Waals surface area contributed by atoms with Gasteiger partial charge < -0.3 is 15.8 Å². The molecule has 0 fully saturated rings. The quantitative estimate of drug-likeness (QED) is 0.776. The van der Waals surface area contributed by atoms with Gasteiger partial charge in [-0.1, -0.05) is 0 Å². The molecule has 0 radical (unpaired) electrons. The van der Waals surface area contributed by atoms with Crippen LogP contribution < -0.4 is 11.1 Å². The predicted octanol–water partition coefficient (Wildman–Crippen LogP) is 1.99. The highest BCUT2D eigenvalue weighted by Crippen LogP contribution is 2.29. The number of nitrogens with one attached hydrogen (secondary N) is 1. The van der Waals surface area contributed by atoms with E-state index in [4.69, 9.17) is 5.73 Å². The van der Waals surface area contributed by atoms with Crippen LogP contribution in [0.5, 0.6) is 0 Å². The number of amides is 1. The lowest BCUT2D eigenvalue weighted by atomic mass is 9.99. The fourth-order valence-electron chi connectivity index (χ4n) is 1.97. The van der Waals surface area contributed by atoms with Crippen molar-refractivity contribution in [2.75, 3.05) is 18.5 Å². The number of fused-ring (bicyclic) bond motifs is 1. The van der Waals surface area contributed by atoms with E-state index in [2.05, 4.69) is 15.0 Å². The Morgan fingerprint density at radius 3 is 3.05 bits per heavy atom. The summed E-state index contributed by atoms with van der Waals surface area (Å²) in [5, 5.41) is 3.21. The zero-order valence-electron chi connectivity index (χ0n) is 11.3. The first kappa shape index (κ1) is 18.2. The summed E-state index contributed by atoms with van der Waals surface area (Å²) >= 11 is 1.43. The van der Waals surface area contributed by atoms with E-state index in [9.17, 15) is 13.6 Å². The Bertz CT molecular complexity index is 473. The summed E-state index contributed by atoms with van der Waals surface area (Å²) in [7, 11) is 0. The number of anilines is 1. The molecule has 0 unspecified atom stereocenters. The van der Waals surface area contributed by atoms with E-state index >= 15 is 0 Å². The van der Waals surface area contributed by atoms with Gasteiger partial charge in [-0.15, -0.1) is 23.7 Å².